The summed E-state index contributed by atoms with van der Waals surface area (Å²) in [6, 6.07) is 13.9. The Hall–Kier alpha value is -3.39. The topological polar surface area (TPSA) is 67.9 Å². The lowest BCUT2D eigenvalue weighted by molar-refractivity contribution is -0.127. The number of amides is 2. The van der Waals surface area contributed by atoms with Crippen molar-refractivity contribution in [1.82, 2.24) is 5.32 Å². The molecule has 6 nitrogen and oxygen atoms in total. The van der Waals surface area contributed by atoms with E-state index in [4.69, 9.17) is 9.47 Å². The predicted molar refractivity (Wildman–Crippen MR) is 132 cm³/mol. The highest BCUT2D eigenvalue weighted by Crippen LogP contribution is 2.38. The standard InChI is InChI=1S/C27H27FN2O4S/c28-19-10-8-18(9-11-19)26(27(32)29-20-5-2-1-3-6-20)30(25(31)16-22-7-4-14-35-22)21-12-13-23-24(15-21)34-17-33-23/h4,7-15,20,26H,1-3,5-6,16-17H2,(H,29,32). The molecule has 3 aromatic rings. The summed E-state index contributed by atoms with van der Waals surface area (Å²) in [6.07, 6.45) is 5.26. The zero-order valence-electron chi connectivity index (χ0n) is 19.2. The van der Waals surface area contributed by atoms with Crippen LogP contribution in [0.4, 0.5) is 10.1 Å². The number of carbonyl (C=O) groups excluding carboxylic acids is 2. The quantitative estimate of drug-likeness (QED) is 0.479. The fraction of sp³-hybridized carbons (Fsp3) is 0.333. The first kappa shape index (κ1) is 23.4. The van der Waals surface area contributed by atoms with Crippen LogP contribution < -0.4 is 19.7 Å². The van der Waals surface area contributed by atoms with E-state index in [0.717, 1.165) is 37.0 Å². The van der Waals surface area contributed by atoms with E-state index in [0.29, 0.717) is 22.7 Å². The van der Waals surface area contributed by atoms with Gasteiger partial charge in [0.15, 0.2) is 11.5 Å². The minimum atomic E-state index is -0.967. The molecule has 5 rings (SSSR count). The lowest BCUT2D eigenvalue weighted by Crippen LogP contribution is -2.47. The molecule has 0 saturated heterocycles. The first-order valence-electron chi connectivity index (χ1n) is 11.9. The highest BCUT2D eigenvalue weighted by molar-refractivity contribution is 7.10. The van der Waals surface area contributed by atoms with Crippen molar-refractivity contribution < 1.29 is 23.5 Å². The molecular weight excluding hydrogens is 467 g/mol. The molecule has 1 N–H and O–H groups in total. The third-order valence-corrected chi connectivity index (χ3v) is 7.33. The average Bonchev–Trinajstić information content (AvgIpc) is 3.55. The largest absolute Gasteiger partial charge is 0.454 e. The number of hydrogen-bond acceptors (Lipinski definition) is 5. The highest BCUT2D eigenvalue weighted by atomic mass is 32.1. The predicted octanol–water partition coefficient (Wildman–Crippen LogP) is 5.38. The maximum absolute atomic E-state index is 13.8. The van der Waals surface area contributed by atoms with Crippen LogP contribution in [-0.2, 0) is 16.0 Å². The van der Waals surface area contributed by atoms with Crippen molar-refractivity contribution in [3.8, 4) is 11.5 Å². The maximum Gasteiger partial charge on any atom is 0.248 e. The Morgan fingerprint density at radius 3 is 2.54 bits per heavy atom. The molecule has 1 saturated carbocycles. The van der Waals surface area contributed by atoms with Gasteiger partial charge in [-0.1, -0.05) is 37.5 Å². The third-order valence-electron chi connectivity index (χ3n) is 6.45. The normalized spacial score (nSPS) is 16.0. The minimum Gasteiger partial charge on any atom is -0.454 e. The van der Waals surface area contributed by atoms with Gasteiger partial charge in [-0.25, -0.2) is 4.39 Å². The number of nitrogens with one attached hydrogen (secondary N) is 1. The van der Waals surface area contributed by atoms with Gasteiger partial charge in [0.2, 0.25) is 18.6 Å². The molecule has 2 amide bonds. The molecule has 1 fully saturated rings. The van der Waals surface area contributed by atoms with E-state index in [1.54, 1.807) is 30.3 Å². The minimum absolute atomic E-state index is 0.0604. The summed E-state index contributed by atoms with van der Waals surface area (Å²) in [6.45, 7) is 0.103. The molecule has 1 aliphatic heterocycles. The van der Waals surface area contributed by atoms with Gasteiger partial charge in [0.05, 0.1) is 6.42 Å². The number of ether oxygens (including phenoxy) is 2. The molecule has 0 bridgehead atoms. The number of nitrogens with zero attached hydrogens (tertiary/aromatic N) is 1. The van der Waals surface area contributed by atoms with Gasteiger partial charge in [0.25, 0.3) is 0 Å². The van der Waals surface area contributed by atoms with Gasteiger partial charge >= 0.3 is 0 Å². The number of thiophene rings is 1. The Kier molecular flexibility index (Phi) is 6.99. The molecule has 2 aromatic carbocycles. The molecular formula is C27H27FN2O4S. The summed E-state index contributed by atoms with van der Waals surface area (Å²) in [5, 5.41) is 5.09. The zero-order valence-corrected chi connectivity index (χ0v) is 20.1. The summed E-state index contributed by atoms with van der Waals surface area (Å²) >= 11 is 1.49. The average molecular weight is 495 g/mol. The van der Waals surface area contributed by atoms with Crippen LogP contribution >= 0.6 is 11.3 Å². The second kappa shape index (κ2) is 10.5. The van der Waals surface area contributed by atoms with Crippen LogP contribution in [0.5, 0.6) is 11.5 Å². The van der Waals surface area contributed by atoms with Gasteiger partial charge in [-0.2, -0.15) is 0 Å². The lowest BCUT2D eigenvalue weighted by atomic mass is 9.94. The fourth-order valence-corrected chi connectivity index (χ4v) is 5.41. The van der Waals surface area contributed by atoms with Crippen LogP contribution in [0, 0.1) is 5.82 Å². The van der Waals surface area contributed by atoms with E-state index in [1.807, 2.05) is 17.5 Å². The summed E-state index contributed by atoms with van der Waals surface area (Å²) in [5.41, 5.74) is 1.06. The highest BCUT2D eigenvalue weighted by Gasteiger charge is 2.35. The first-order valence-corrected chi connectivity index (χ1v) is 12.8. The van der Waals surface area contributed by atoms with Gasteiger partial charge in [0, 0.05) is 22.7 Å². The molecule has 1 unspecified atom stereocenters. The Labute approximate surface area is 207 Å². The van der Waals surface area contributed by atoms with Gasteiger partial charge in [0.1, 0.15) is 11.9 Å². The van der Waals surface area contributed by atoms with Crippen molar-refractivity contribution in [2.45, 2.75) is 50.6 Å². The lowest BCUT2D eigenvalue weighted by Gasteiger charge is -2.33. The Morgan fingerprint density at radius 1 is 1.03 bits per heavy atom. The zero-order chi connectivity index (χ0) is 24.2. The van der Waals surface area contributed by atoms with Crippen LogP contribution in [0.2, 0.25) is 0 Å². The Morgan fingerprint density at radius 2 is 1.80 bits per heavy atom. The smallest absolute Gasteiger partial charge is 0.248 e. The summed E-state index contributed by atoms with van der Waals surface area (Å²) in [5.74, 6) is 0.186. The number of benzene rings is 2. The van der Waals surface area contributed by atoms with Gasteiger partial charge in [-0.05, 0) is 54.1 Å². The van der Waals surface area contributed by atoms with Crippen molar-refractivity contribution in [2.24, 2.45) is 0 Å². The van der Waals surface area contributed by atoms with E-state index >= 15 is 0 Å². The second-order valence-corrected chi connectivity index (χ2v) is 9.89. The van der Waals surface area contributed by atoms with Crippen LogP contribution in [-0.4, -0.2) is 24.6 Å². The van der Waals surface area contributed by atoms with E-state index in [9.17, 15) is 14.0 Å². The van der Waals surface area contributed by atoms with Crippen molar-refractivity contribution in [3.05, 3.63) is 76.2 Å². The van der Waals surface area contributed by atoms with Crippen molar-refractivity contribution in [3.63, 3.8) is 0 Å². The van der Waals surface area contributed by atoms with E-state index in [1.165, 1.54) is 28.4 Å². The van der Waals surface area contributed by atoms with Gasteiger partial charge in [-0.15, -0.1) is 11.3 Å². The van der Waals surface area contributed by atoms with E-state index in [2.05, 4.69) is 5.32 Å². The Bertz CT molecular complexity index is 1180. The molecule has 0 radical (unpaired) electrons. The molecule has 182 valence electrons. The van der Waals surface area contributed by atoms with Crippen LogP contribution in [0.15, 0.2) is 60.0 Å². The summed E-state index contributed by atoms with van der Waals surface area (Å²) in [7, 11) is 0. The maximum atomic E-state index is 13.8. The number of carbonyl (C=O) groups is 2. The second-order valence-electron chi connectivity index (χ2n) is 8.86. The number of halogens is 1. The van der Waals surface area contributed by atoms with E-state index < -0.39 is 11.9 Å². The SMILES string of the molecule is O=C(NC1CCCCC1)C(c1ccc(F)cc1)N(C(=O)Cc1cccs1)c1ccc2c(c1)OCO2. The van der Waals surface area contributed by atoms with Crippen LogP contribution in [0.1, 0.15) is 48.6 Å². The van der Waals surface area contributed by atoms with Crippen molar-refractivity contribution in [1.29, 1.82) is 0 Å². The summed E-state index contributed by atoms with van der Waals surface area (Å²) < 4.78 is 24.8. The number of hydrogen-bond donors (Lipinski definition) is 1. The summed E-state index contributed by atoms with van der Waals surface area (Å²) in [4.78, 5) is 30.0. The molecule has 8 heteroatoms. The molecule has 1 aromatic heterocycles. The molecule has 35 heavy (non-hydrogen) atoms. The van der Waals surface area contributed by atoms with Crippen molar-refractivity contribution >= 4 is 28.8 Å². The first-order chi connectivity index (χ1) is 17.1. The van der Waals surface area contributed by atoms with Crippen molar-refractivity contribution in [2.75, 3.05) is 11.7 Å². The Balaban J connectivity index is 1.55. The fourth-order valence-electron chi connectivity index (χ4n) is 4.71. The molecule has 2 heterocycles. The number of rotatable bonds is 7. The van der Waals surface area contributed by atoms with Crippen LogP contribution in [0.25, 0.3) is 0 Å². The molecule has 1 aliphatic carbocycles. The monoisotopic (exact) mass is 494 g/mol. The third kappa shape index (κ3) is 5.32. The molecule has 2 aliphatic rings. The van der Waals surface area contributed by atoms with Gasteiger partial charge < -0.3 is 14.8 Å². The molecule has 1 atom stereocenters. The van der Waals surface area contributed by atoms with E-state index in [-0.39, 0.29) is 31.1 Å². The number of anilines is 1. The van der Waals surface area contributed by atoms with Crippen LogP contribution in [0.3, 0.4) is 0 Å². The number of fused-ring (bicyclic) bond motifs is 1. The van der Waals surface area contributed by atoms with Gasteiger partial charge in [-0.3, -0.25) is 14.5 Å². The molecule has 0 spiro atoms.